The minimum Gasteiger partial charge on any atom is -0.297 e. The molecule has 1 aromatic carbocycles. The zero-order valence-corrected chi connectivity index (χ0v) is 15.7. The van der Waals surface area contributed by atoms with Crippen molar-refractivity contribution in [3.05, 3.63) is 58.3 Å². The number of benzene rings is 1. The normalized spacial score (nSPS) is 11.7. The number of pyridine rings is 1. The van der Waals surface area contributed by atoms with E-state index in [9.17, 15) is 0 Å². The maximum atomic E-state index is 6.13. The lowest BCUT2D eigenvalue weighted by Crippen LogP contribution is -1.96. The van der Waals surface area contributed by atoms with Gasteiger partial charge in [-0.3, -0.25) is 4.40 Å². The largest absolute Gasteiger partial charge is 0.297 e. The highest BCUT2D eigenvalue weighted by Crippen LogP contribution is 2.32. The van der Waals surface area contributed by atoms with Crippen molar-refractivity contribution < 1.29 is 0 Å². The van der Waals surface area contributed by atoms with Gasteiger partial charge in [-0.05, 0) is 31.2 Å². The summed E-state index contributed by atoms with van der Waals surface area (Å²) < 4.78 is 3.73. The van der Waals surface area contributed by atoms with E-state index in [1.165, 1.54) is 11.3 Å². The van der Waals surface area contributed by atoms with Crippen LogP contribution in [0.3, 0.4) is 0 Å². The highest BCUT2D eigenvalue weighted by molar-refractivity contribution is 7.19. The van der Waals surface area contributed by atoms with Crippen LogP contribution in [0.1, 0.15) is 5.69 Å². The predicted octanol–water partition coefficient (Wildman–Crippen LogP) is 4.78. The van der Waals surface area contributed by atoms with E-state index in [0.717, 1.165) is 27.6 Å². The molecule has 0 aliphatic rings. The van der Waals surface area contributed by atoms with Crippen LogP contribution in [0.15, 0.2) is 42.6 Å². The van der Waals surface area contributed by atoms with E-state index < -0.39 is 0 Å². The average molecular weight is 401 g/mol. The number of halogens is 2. The summed E-state index contributed by atoms with van der Waals surface area (Å²) in [6.45, 7) is 1.95. The molecule has 0 radical (unpaired) electrons. The molecule has 0 unspecified atom stereocenters. The first-order chi connectivity index (χ1) is 12.6. The van der Waals surface area contributed by atoms with Crippen molar-refractivity contribution in [1.29, 1.82) is 0 Å². The summed E-state index contributed by atoms with van der Waals surface area (Å²) in [6, 6.07) is 11.3. The molecule has 0 fully saturated rings. The molecule has 0 aliphatic carbocycles. The van der Waals surface area contributed by atoms with Gasteiger partial charge in [0.2, 0.25) is 10.8 Å². The van der Waals surface area contributed by atoms with E-state index in [4.69, 9.17) is 23.2 Å². The van der Waals surface area contributed by atoms with Gasteiger partial charge in [0.25, 0.3) is 0 Å². The molecule has 26 heavy (non-hydrogen) atoms. The highest BCUT2D eigenvalue weighted by Gasteiger charge is 2.20. The second-order valence-corrected chi connectivity index (χ2v) is 7.50. The van der Waals surface area contributed by atoms with Crippen molar-refractivity contribution in [3.8, 4) is 22.1 Å². The van der Waals surface area contributed by atoms with Crippen molar-refractivity contribution in [2.24, 2.45) is 0 Å². The number of imidazole rings is 1. The van der Waals surface area contributed by atoms with Crippen LogP contribution in [-0.4, -0.2) is 29.2 Å². The van der Waals surface area contributed by atoms with Crippen LogP contribution in [-0.2, 0) is 0 Å². The Balaban J connectivity index is 1.71. The fraction of sp³-hybridized carbons (Fsp3) is 0.0588. The van der Waals surface area contributed by atoms with Gasteiger partial charge in [0, 0.05) is 11.8 Å². The zero-order chi connectivity index (χ0) is 17.8. The minimum absolute atomic E-state index is 0.494. The van der Waals surface area contributed by atoms with E-state index in [1.54, 1.807) is 16.6 Å². The first-order valence-corrected chi connectivity index (χ1v) is 9.31. The fourth-order valence-electron chi connectivity index (χ4n) is 2.89. The monoisotopic (exact) mass is 400 g/mol. The van der Waals surface area contributed by atoms with Gasteiger partial charge in [-0.2, -0.15) is 9.61 Å². The second kappa shape index (κ2) is 5.77. The molecule has 0 spiro atoms. The van der Waals surface area contributed by atoms with Gasteiger partial charge in [0.05, 0.1) is 15.7 Å². The molecule has 6 nitrogen and oxygen atoms in total. The molecule has 128 valence electrons. The van der Waals surface area contributed by atoms with Crippen LogP contribution in [0, 0.1) is 6.92 Å². The van der Waals surface area contributed by atoms with E-state index in [-0.39, 0.29) is 0 Å². The molecule has 9 heteroatoms. The molecule has 0 amide bonds. The summed E-state index contributed by atoms with van der Waals surface area (Å²) >= 11 is 13.6. The smallest absolute Gasteiger partial charge is 0.235 e. The fourth-order valence-corrected chi connectivity index (χ4v) is 4.03. The van der Waals surface area contributed by atoms with Gasteiger partial charge in [-0.1, -0.05) is 46.7 Å². The first-order valence-electron chi connectivity index (χ1n) is 7.73. The summed E-state index contributed by atoms with van der Waals surface area (Å²) in [5.74, 6) is 0.652. The van der Waals surface area contributed by atoms with E-state index in [0.29, 0.717) is 20.8 Å². The molecular formula is C17H10Cl2N6S. The summed E-state index contributed by atoms with van der Waals surface area (Å²) in [6.07, 6.45) is 1.96. The standard InChI is InChI=1S/C17H10Cl2N6S/c1-9-14(24-7-3-2-4-13(24)20-9)15-21-22-17-25(15)23-16(26-17)10-5-6-11(18)12(19)8-10/h2-8H,1H3. The topological polar surface area (TPSA) is 60.4 Å². The van der Waals surface area contributed by atoms with Gasteiger partial charge in [-0.15, -0.1) is 10.2 Å². The molecule has 5 rings (SSSR count). The lowest BCUT2D eigenvalue weighted by atomic mass is 10.2. The molecule has 0 bridgehead atoms. The van der Waals surface area contributed by atoms with E-state index in [1.807, 2.05) is 41.8 Å². The third kappa shape index (κ3) is 2.32. The van der Waals surface area contributed by atoms with Gasteiger partial charge >= 0.3 is 0 Å². The number of nitrogens with zero attached hydrogens (tertiary/aromatic N) is 6. The summed E-state index contributed by atoms with van der Waals surface area (Å²) in [7, 11) is 0. The third-order valence-electron chi connectivity index (χ3n) is 4.07. The number of hydrogen-bond donors (Lipinski definition) is 0. The van der Waals surface area contributed by atoms with Crippen molar-refractivity contribution in [2.75, 3.05) is 0 Å². The van der Waals surface area contributed by atoms with E-state index in [2.05, 4.69) is 20.3 Å². The Kier molecular flexibility index (Phi) is 3.49. The van der Waals surface area contributed by atoms with Crippen molar-refractivity contribution >= 4 is 45.1 Å². The Morgan fingerprint density at radius 1 is 1.04 bits per heavy atom. The Hall–Kier alpha value is -2.48. The Bertz CT molecular complexity index is 1290. The minimum atomic E-state index is 0.494. The molecule has 4 aromatic heterocycles. The predicted molar refractivity (Wildman–Crippen MR) is 103 cm³/mol. The van der Waals surface area contributed by atoms with Crippen molar-refractivity contribution in [1.82, 2.24) is 29.2 Å². The number of aromatic nitrogens is 6. The van der Waals surface area contributed by atoms with Crippen molar-refractivity contribution in [2.45, 2.75) is 6.92 Å². The SMILES string of the molecule is Cc1nc2ccccn2c1-c1nnc2sc(-c3ccc(Cl)c(Cl)c3)nn12. The first kappa shape index (κ1) is 15.7. The van der Waals surface area contributed by atoms with E-state index >= 15 is 0 Å². The highest BCUT2D eigenvalue weighted by atomic mass is 35.5. The quantitative estimate of drug-likeness (QED) is 0.427. The zero-order valence-electron chi connectivity index (χ0n) is 13.4. The molecule has 0 atom stereocenters. The molecule has 0 saturated heterocycles. The molecule has 0 aliphatic heterocycles. The number of rotatable bonds is 2. The molecule has 4 heterocycles. The van der Waals surface area contributed by atoms with Gasteiger partial charge < -0.3 is 0 Å². The number of hydrogen-bond acceptors (Lipinski definition) is 5. The summed E-state index contributed by atoms with van der Waals surface area (Å²) in [5, 5.41) is 15.1. The summed E-state index contributed by atoms with van der Waals surface area (Å²) in [4.78, 5) is 5.29. The lowest BCUT2D eigenvalue weighted by Gasteiger charge is -2.00. The van der Waals surface area contributed by atoms with Crippen molar-refractivity contribution in [3.63, 3.8) is 0 Å². The average Bonchev–Trinajstić information content (AvgIpc) is 3.29. The maximum Gasteiger partial charge on any atom is 0.235 e. The second-order valence-electron chi connectivity index (χ2n) is 5.73. The molecule has 5 aromatic rings. The van der Waals surface area contributed by atoms with Gasteiger partial charge in [-0.25, -0.2) is 4.98 Å². The molecular weight excluding hydrogens is 391 g/mol. The third-order valence-corrected chi connectivity index (χ3v) is 5.76. The van der Waals surface area contributed by atoms with Crippen LogP contribution >= 0.6 is 34.5 Å². The lowest BCUT2D eigenvalue weighted by molar-refractivity contribution is 0.954. The molecule has 0 N–H and O–H groups in total. The van der Waals surface area contributed by atoms with Crippen LogP contribution in [0.4, 0.5) is 0 Å². The van der Waals surface area contributed by atoms with Gasteiger partial charge in [0.1, 0.15) is 16.3 Å². The van der Waals surface area contributed by atoms with Crippen LogP contribution in [0.5, 0.6) is 0 Å². The Morgan fingerprint density at radius 2 is 1.92 bits per heavy atom. The van der Waals surface area contributed by atoms with Crippen LogP contribution in [0.2, 0.25) is 10.0 Å². The number of aryl methyl sites for hydroxylation is 1. The summed E-state index contributed by atoms with van der Waals surface area (Å²) in [5.41, 5.74) is 3.49. The van der Waals surface area contributed by atoms with Crippen LogP contribution < -0.4 is 0 Å². The maximum absolute atomic E-state index is 6.13. The Labute approximate surface area is 161 Å². The molecule has 0 saturated carbocycles. The number of fused-ring (bicyclic) bond motifs is 2. The van der Waals surface area contributed by atoms with Crippen LogP contribution in [0.25, 0.3) is 32.7 Å². The van der Waals surface area contributed by atoms with Gasteiger partial charge in [0.15, 0.2) is 0 Å². The Morgan fingerprint density at radius 3 is 2.77 bits per heavy atom.